The highest BCUT2D eigenvalue weighted by Gasteiger charge is 2.38. The molecule has 2 saturated carbocycles. The molecular formula is C11H20. The minimum Gasteiger partial charge on any atom is -0.0594 e. The van der Waals surface area contributed by atoms with E-state index in [0.29, 0.717) is 0 Å². The second kappa shape index (κ2) is 2.80. The highest BCUT2D eigenvalue weighted by Crippen LogP contribution is 2.50. The van der Waals surface area contributed by atoms with Gasteiger partial charge in [0.15, 0.2) is 0 Å². The normalized spacial score (nSPS) is 45.0. The molecule has 0 nitrogen and oxygen atoms in total. The Balaban J connectivity index is 2.09. The van der Waals surface area contributed by atoms with Gasteiger partial charge in [-0.3, -0.25) is 0 Å². The summed E-state index contributed by atoms with van der Waals surface area (Å²) in [5.74, 6) is 1.10. The van der Waals surface area contributed by atoms with Crippen LogP contribution < -0.4 is 0 Å². The van der Waals surface area contributed by atoms with Crippen LogP contribution in [-0.2, 0) is 0 Å². The Morgan fingerprint density at radius 1 is 0.909 bits per heavy atom. The van der Waals surface area contributed by atoms with Crippen molar-refractivity contribution in [3.05, 3.63) is 0 Å². The molecule has 2 atom stereocenters. The van der Waals surface area contributed by atoms with Crippen LogP contribution in [-0.4, -0.2) is 0 Å². The smallest absolute Gasteiger partial charge is 0.0298 e. The summed E-state index contributed by atoms with van der Waals surface area (Å²) in [6.45, 7) is 2.54. The van der Waals surface area contributed by atoms with Crippen molar-refractivity contribution in [1.82, 2.24) is 0 Å². The minimum atomic E-state index is 0.774. The average Bonchev–Trinajstić information content (AvgIpc) is 2.24. The quantitative estimate of drug-likeness (QED) is 0.496. The van der Waals surface area contributed by atoms with Crippen LogP contribution in [0.25, 0.3) is 0 Å². The maximum absolute atomic E-state index is 2.54. The maximum Gasteiger partial charge on any atom is -0.0298 e. The predicted molar refractivity (Wildman–Crippen MR) is 48.5 cm³/mol. The van der Waals surface area contributed by atoms with Crippen LogP contribution in [0.2, 0.25) is 0 Å². The average molecular weight is 152 g/mol. The third-order valence-corrected chi connectivity index (χ3v) is 4.09. The lowest BCUT2D eigenvalue weighted by molar-refractivity contribution is 0.212. The summed E-state index contributed by atoms with van der Waals surface area (Å²) in [4.78, 5) is 0. The van der Waals surface area contributed by atoms with Crippen LogP contribution in [0.4, 0.5) is 0 Å². The summed E-state index contributed by atoms with van der Waals surface area (Å²) in [5.41, 5.74) is 0.774. The Bertz CT molecular complexity index is 139. The zero-order chi connectivity index (χ0) is 7.73. The van der Waals surface area contributed by atoms with E-state index in [-0.39, 0.29) is 0 Å². The van der Waals surface area contributed by atoms with Gasteiger partial charge in [0.05, 0.1) is 0 Å². The molecule has 0 aromatic heterocycles. The Morgan fingerprint density at radius 3 is 2.55 bits per heavy atom. The van der Waals surface area contributed by atoms with E-state index in [0.717, 1.165) is 11.3 Å². The van der Waals surface area contributed by atoms with Crippen LogP contribution in [0.1, 0.15) is 58.3 Å². The fourth-order valence-electron chi connectivity index (χ4n) is 3.22. The Hall–Kier alpha value is 0. The lowest BCUT2D eigenvalue weighted by Gasteiger charge is -2.29. The van der Waals surface area contributed by atoms with Gasteiger partial charge in [-0.25, -0.2) is 0 Å². The first-order valence-electron chi connectivity index (χ1n) is 5.31. The summed E-state index contributed by atoms with van der Waals surface area (Å²) in [5, 5.41) is 0. The van der Waals surface area contributed by atoms with Crippen LogP contribution in [0, 0.1) is 11.3 Å². The van der Waals surface area contributed by atoms with E-state index < -0.39 is 0 Å². The summed E-state index contributed by atoms with van der Waals surface area (Å²) in [7, 11) is 0. The molecule has 2 aliphatic carbocycles. The zero-order valence-electron chi connectivity index (χ0n) is 7.73. The Kier molecular flexibility index (Phi) is 1.95. The standard InChI is InChI=1S/C11H20/c1-11-8-4-2-3-6-10(11)7-5-9-11/h10H,2-9H2,1H3/t10-,11+/m1/s1. The van der Waals surface area contributed by atoms with E-state index in [4.69, 9.17) is 0 Å². The first-order chi connectivity index (χ1) is 5.31. The van der Waals surface area contributed by atoms with Crippen LogP contribution in [0.15, 0.2) is 0 Å². The molecule has 0 bridgehead atoms. The zero-order valence-corrected chi connectivity index (χ0v) is 7.73. The van der Waals surface area contributed by atoms with Gasteiger partial charge in [-0.15, -0.1) is 0 Å². The molecule has 0 aromatic carbocycles. The van der Waals surface area contributed by atoms with Crippen LogP contribution >= 0.6 is 0 Å². The SMILES string of the molecule is C[C@@]12CCCCC[C@@H]1CCC2. The summed E-state index contributed by atoms with van der Waals surface area (Å²) in [6.07, 6.45) is 12.2. The van der Waals surface area contributed by atoms with Crippen molar-refractivity contribution in [2.45, 2.75) is 58.3 Å². The van der Waals surface area contributed by atoms with E-state index in [1.54, 1.807) is 0 Å². The molecule has 11 heavy (non-hydrogen) atoms. The molecule has 2 fully saturated rings. The van der Waals surface area contributed by atoms with E-state index in [2.05, 4.69) is 6.92 Å². The van der Waals surface area contributed by atoms with Gasteiger partial charge < -0.3 is 0 Å². The molecule has 0 aliphatic heterocycles. The third kappa shape index (κ3) is 1.32. The van der Waals surface area contributed by atoms with Gasteiger partial charge in [0.2, 0.25) is 0 Å². The summed E-state index contributed by atoms with van der Waals surface area (Å²) < 4.78 is 0. The molecule has 0 saturated heterocycles. The molecule has 0 heterocycles. The van der Waals surface area contributed by atoms with Crippen molar-refractivity contribution in [3.63, 3.8) is 0 Å². The molecule has 0 aromatic rings. The van der Waals surface area contributed by atoms with Crippen molar-refractivity contribution in [2.24, 2.45) is 11.3 Å². The van der Waals surface area contributed by atoms with Gasteiger partial charge in [0.1, 0.15) is 0 Å². The van der Waals surface area contributed by atoms with Crippen molar-refractivity contribution in [3.8, 4) is 0 Å². The predicted octanol–water partition coefficient (Wildman–Crippen LogP) is 3.76. The lowest BCUT2D eigenvalue weighted by atomic mass is 9.76. The van der Waals surface area contributed by atoms with Crippen LogP contribution in [0.3, 0.4) is 0 Å². The second-order valence-corrected chi connectivity index (χ2v) is 4.84. The third-order valence-electron chi connectivity index (χ3n) is 4.09. The molecule has 2 aliphatic rings. The molecule has 0 radical (unpaired) electrons. The molecule has 0 amide bonds. The van der Waals surface area contributed by atoms with E-state index >= 15 is 0 Å². The van der Waals surface area contributed by atoms with Crippen molar-refractivity contribution < 1.29 is 0 Å². The number of rotatable bonds is 0. The van der Waals surface area contributed by atoms with Crippen molar-refractivity contribution in [1.29, 1.82) is 0 Å². The number of hydrogen-bond donors (Lipinski definition) is 0. The lowest BCUT2D eigenvalue weighted by Crippen LogP contribution is -2.19. The van der Waals surface area contributed by atoms with E-state index in [1.165, 1.54) is 51.4 Å². The van der Waals surface area contributed by atoms with Gasteiger partial charge in [0, 0.05) is 0 Å². The largest absolute Gasteiger partial charge is 0.0594 e. The first-order valence-corrected chi connectivity index (χ1v) is 5.31. The maximum atomic E-state index is 2.54. The highest BCUT2D eigenvalue weighted by molar-refractivity contribution is 4.89. The van der Waals surface area contributed by atoms with Crippen LogP contribution in [0.5, 0.6) is 0 Å². The van der Waals surface area contributed by atoms with Gasteiger partial charge in [-0.1, -0.05) is 32.6 Å². The molecule has 2 rings (SSSR count). The molecule has 0 spiro atoms. The van der Waals surface area contributed by atoms with E-state index in [9.17, 15) is 0 Å². The van der Waals surface area contributed by atoms with Gasteiger partial charge >= 0.3 is 0 Å². The molecular weight excluding hydrogens is 132 g/mol. The number of fused-ring (bicyclic) bond motifs is 1. The highest BCUT2D eigenvalue weighted by atomic mass is 14.4. The molecule has 0 unspecified atom stereocenters. The topological polar surface area (TPSA) is 0 Å². The summed E-state index contributed by atoms with van der Waals surface area (Å²) >= 11 is 0. The van der Waals surface area contributed by atoms with Gasteiger partial charge in [-0.2, -0.15) is 0 Å². The molecule has 0 N–H and O–H groups in total. The molecule has 64 valence electrons. The fraction of sp³-hybridized carbons (Fsp3) is 1.00. The second-order valence-electron chi connectivity index (χ2n) is 4.84. The monoisotopic (exact) mass is 152 g/mol. The van der Waals surface area contributed by atoms with Crippen molar-refractivity contribution in [2.75, 3.05) is 0 Å². The fourth-order valence-corrected chi connectivity index (χ4v) is 3.22. The number of hydrogen-bond acceptors (Lipinski definition) is 0. The van der Waals surface area contributed by atoms with E-state index in [1.807, 2.05) is 0 Å². The first kappa shape index (κ1) is 7.64. The van der Waals surface area contributed by atoms with Gasteiger partial charge in [-0.05, 0) is 37.0 Å². The summed E-state index contributed by atoms with van der Waals surface area (Å²) in [6, 6.07) is 0. The van der Waals surface area contributed by atoms with Crippen molar-refractivity contribution >= 4 is 0 Å². The minimum absolute atomic E-state index is 0.774. The molecule has 0 heteroatoms. The Morgan fingerprint density at radius 2 is 1.64 bits per heavy atom. The Labute approximate surface area is 70.4 Å². The van der Waals surface area contributed by atoms with Gasteiger partial charge in [0.25, 0.3) is 0 Å².